The second kappa shape index (κ2) is 6.03. The van der Waals surface area contributed by atoms with Gasteiger partial charge in [0.15, 0.2) is 0 Å². The lowest BCUT2D eigenvalue weighted by Crippen LogP contribution is -2.06. The molecule has 15 heavy (non-hydrogen) atoms. The van der Waals surface area contributed by atoms with Crippen LogP contribution in [0, 0.1) is 11.3 Å². The highest BCUT2D eigenvalue weighted by molar-refractivity contribution is 7.98. The molecule has 0 spiro atoms. The highest BCUT2D eigenvalue weighted by Gasteiger charge is 2.01. The van der Waals surface area contributed by atoms with Gasteiger partial charge in [-0.1, -0.05) is 0 Å². The summed E-state index contributed by atoms with van der Waals surface area (Å²) < 4.78 is 0. The van der Waals surface area contributed by atoms with Gasteiger partial charge in [0, 0.05) is 6.42 Å². The predicted octanol–water partition coefficient (Wildman–Crippen LogP) is 0.573. The van der Waals surface area contributed by atoms with Crippen molar-refractivity contribution in [1.82, 2.24) is 15.0 Å². The normalized spacial score (nSPS) is 9.80. The summed E-state index contributed by atoms with van der Waals surface area (Å²) in [4.78, 5) is 11.6. The molecule has 0 saturated heterocycles. The SMILES string of the molecule is N#CCCCSCc1nc(N)nc(N)n1. The third-order valence-electron chi connectivity index (χ3n) is 1.52. The lowest BCUT2D eigenvalue weighted by atomic mass is 10.4. The van der Waals surface area contributed by atoms with Gasteiger partial charge in [-0.2, -0.15) is 32.0 Å². The quantitative estimate of drug-likeness (QED) is 0.702. The lowest BCUT2D eigenvalue weighted by Gasteiger charge is -2.01. The summed E-state index contributed by atoms with van der Waals surface area (Å²) in [5, 5.41) is 8.33. The van der Waals surface area contributed by atoms with Crippen LogP contribution < -0.4 is 11.5 Å². The van der Waals surface area contributed by atoms with Crippen molar-refractivity contribution in [2.75, 3.05) is 17.2 Å². The van der Waals surface area contributed by atoms with Gasteiger partial charge >= 0.3 is 0 Å². The molecule has 80 valence electrons. The maximum absolute atomic E-state index is 8.33. The maximum Gasteiger partial charge on any atom is 0.225 e. The van der Waals surface area contributed by atoms with E-state index >= 15 is 0 Å². The van der Waals surface area contributed by atoms with Gasteiger partial charge in [0.25, 0.3) is 0 Å². The first kappa shape index (κ1) is 11.5. The summed E-state index contributed by atoms with van der Waals surface area (Å²) in [5.74, 6) is 2.42. The molecule has 0 unspecified atom stereocenters. The molecule has 0 radical (unpaired) electrons. The number of nitrogen functional groups attached to an aromatic ring is 2. The fourth-order valence-corrected chi connectivity index (χ4v) is 1.74. The van der Waals surface area contributed by atoms with Crippen LogP contribution in [-0.2, 0) is 5.75 Å². The van der Waals surface area contributed by atoms with Gasteiger partial charge in [0.1, 0.15) is 5.82 Å². The maximum atomic E-state index is 8.33. The number of thioether (sulfide) groups is 1. The highest BCUT2D eigenvalue weighted by atomic mass is 32.2. The van der Waals surface area contributed by atoms with Gasteiger partial charge in [-0.25, -0.2) is 0 Å². The molecule has 6 nitrogen and oxygen atoms in total. The number of hydrogen-bond acceptors (Lipinski definition) is 7. The third-order valence-corrected chi connectivity index (χ3v) is 2.56. The molecule has 4 N–H and O–H groups in total. The molecule has 0 fully saturated rings. The monoisotopic (exact) mass is 224 g/mol. The first-order valence-electron chi connectivity index (χ1n) is 4.43. The molecule has 1 aromatic rings. The Morgan fingerprint density at radius 1 is 1.20 bits per heavy atom. The van der Waals surface area contributed by atoms with Gasteiger partial charge in [0.05, 0.1) is 11.8 Å². The van der Waals surface area contributed by atoms with Crippen LogP contribution in [-0.4, -0.2) is 20.7 Å². The van der Waals surface area contributed by atoms with E-state index in [1.165, 1.54) is 0 Å². The molecule has 0 saturated carbocycles. The minimum Gasteiger partial charge on any atom is -0.368 e. The number of unbranched alkanes of at least 4 members (excludes halogenated alkanes) is 1. The Morgan fingerprint density at radius 3 is 2.47 bits per heavy atom. The zero-order chi connectivity index (χ0) is 11.1. The number of nitrogens with two attached hydrogens (primary N) is 2. The number of hydrogen-bond donors (Lipinski definition) is 2. The Labute approximate surface area is 92.1 Å². The van der Waals surface area contributed by atoms with Crippen molar-refractivity contribution in [1.29, 1.82) is 5.26 Å². The van der Waals surface area contributed by atoms with Crippen LogP contribution in [0.4, 0.5) is 11.9 Å². The van der Waals surface area contributed by atoms with Crippen molar-refractivity contribution < 1.29 is 0 Å². The van der Waals surface area contributed by atoms with E-state index in [1.54, 1.807) is 11.8 Å². The van der Waals surface area contributed by atoms with Gasteiger partial charge < -0.3 is 11.5 Å². The minimum absolute atomic E-state index is 0.148. The molecule has 0 aliphatic rings. The van der Waals surface area contributed by atoms with Crippen LogP contribution in [0.5, 0.6) is 0 Å². The molecular formula is C8H12N6S. The summed E-state index contributed by atoms with van der Waals surface area (Å²) in [6.45, 7) is 0. The standard InChI is InChI=1S/C8H12N6S/c9-3-1-2-4-15-5-6-12-7(10)14-8(11)13-6/h1-2,4-5H2,(H4,10,11,12,13,14). The Bertz CT molecular complexity index is 340. The Kier molecular flexibility index (Phi) is 4.63. The van der Waals surface area contributed by atoms with E-state index < -0.39 is 0 Å². The Hall–Kier alpha value is -1.55. The first-order chi connectivity index (χ1) is 7.22. The summed E-state index contributed by atoms with van der Waals surface area (Å²) in [5.41, 5.74) is 10.8. The molecule has 0 bridgehead atoms. The largest absolute Gasteiger partial charge is 0.368 e. The summed E-state index contributed by atoms with van der Waals surface area (Å²) in [6, 6.07) is 2.09. The zero-order valence-corrected chi connectivity index (χ0v) is 9.00. The smallest absolute Gasteiger partial charge is 0.225 e. The molecule has 7 heteroatoms. The van der Waals surface area contributed by atoms with Crippen LogP contribution >= 0.6 is 11.8 Å². The van der Waals surface area contributed by atoms with E-state index in [9.17, 15) is 0 Å². The van der Waals surface area contributed by atoms with Crippen LogP contribution in [0.1, 0.15) is 18.7 Å². The highest BCUT2D eigenvalue weighted by Crippen LogP contribution is 2.11. The van der Waals surface area contributed by atoms with E-state index in [0.717, 1.165) is 12.2 Å². The molecule has 1 rings (SSSR count). The van der Waals surface area contributed by atoms with E-state index in [2.05, 4.69) is 21.0 Å². The lowest BCUT2D eigenvalue weighted by molar-refractivity contribution is 0.967. The van der Waals surface area contributed by atoms with E-state index in [-0.39, 0.29) is 11.9 Å². The summed E-state index contributed by atoms with van der Waals surface area (Å²) in [6.07, 6.45) is 1.45. The Balaban J connectivity index is 2.34. The predicted molar refractivity (Wildman–Crippen MR) is 59.7 cm³/mol. The second-order valence-corrected chi connectivity index (χ2v) is 3.89. The van der Waals surface area contributed by atoms with Crippen LogP contribution in [0.3, 0.4) is 0 Å². The summed E-state index contributed by atoms with van der Waals surface area (Å²) >= 11 is 1.65. The van der Waals surface area contributed by atoms with Crippen molar-refractivity contribution in [2.45, 2.75) is 18.6 Å². The molecule has 0 aromatic carbocycles. The third kappa shape index (κ3) is 4.46. The number of nitriles is 1. The molecular weight excluding hydrogens is 212 g/mol. The van der Waals surface area contributed by atoms with Crippen molar-refractivity contribution in [2.24, 2.45) is 0 Å². The number of nitrogens with zero attached hydrogens (tertiary/aromatic N) is 4. The van der Waals surface area contributed by atoms with E-state index in [4.69, 9.17) is 16.7 Å². The second-order valence-electron chi connectivity index (χ2n) is 2.78. The number of anilines is 2. The minimum atomic E-state index is 0.148. The van der Waals surface area contributed by atoms with Gasteiger partial charge in [-0.15, -0.1) is 0 Å². The first-order valence-corrected chi connectivity index (χ1v) is 5.58. The van der Waals surface area contributed by atoms with Crippen molar-refractivity contribution in [3.63, 3.8) is 0 Å². The van der Waals surface area contributed by atoms with Crippen molar-refractivity contribution in [3.8, 4) is 6.07 Å². The molecule has 0 atom stereocenters. The van der Waals surface area contributed by atoms with Crippen LogP contribution in [0.15, 0.2) is 0 Å². The van der Waals surface area contributed by atoms with E-state index in [0.29, 0.717) is 18.0 Å². The topological polar surface area (TPSA) is 114 Å². The molecule has 0 aliphatic heterocycles. The molecule has 1 aromatic heterocycles. The number of aromatic nitrogens is 3. The molecule has 0 aliphatic carbocycles. The van der Waals surface area contributed by atoms with Crippen molar-refractivity contribution in [3.05, 3.63) is 5.82 Å². The van der Waals surface area contributed by atoms with E-state index in [1.807, 2.05) is 0 Å². The summed E-state index contributed by atoms with van der Waals surface area (Å²) in [7, 11) is 0. The van der Waals surface area contributed by atoms with Crippen LogP contribution in [0.25, 0.3) is 0 Å². The molecule has 0 amide bonds. The molecule has 1 heterocycles. The van der Waals surface area contributed by atoms with Crippen LogP contribution in [0.2, 0.25) is 0 Å². The average Bonchev–Trinajstić information content (AvgIpc) is 2.16. The van der Waals surface area contributed by atoms with Gasteiger partial charge in [-0.05, 0) is 12.2 Å². The van der Waals surface area contributed by atoms with Gasteiger partial charge in [-0.3, -0.25) is 0 Å². The fourth-order valence-electron chi connectivity index (χ4n) is 0.938. The Morgan fingerprint density at radius 2 is 1.87 bits per heavy atom. The van der Waals surface area contributed by atoms with Crippen molar-refractivity contribution >= 4 is 23.7 Å². The van der Waals surface area contributed by atoms with Gasteiger partial charge in [0.2, 0.25) is 11.9 Å². The average molecular weight is 224 g/mol. The zero-order valence-electron chi connectivity index (χ0n) is 8.18. The number of rotatable bonds is 5. The fraction of sp³-hybridized carbons (Fsp3) is 0.500.